The van der Waals surface area contributed by atoms with Crippen LogP contribution in [0.4, 0.5) is 14.9 Å². The van der Waals surface area contributed by atoms with Crippen LogP contribution in [0, 0.1) is 5.82 Å². The standard InChI is InChI=1S/C22H15FN2O4S2/c23-14-5-4-6-15(11-14)24-19(26)13-25-21(27)18(31-22(25)28)12-16-9-10-20(29-16)30-17-7-2-1-3-8-17/h1-12H,13H2,(H,24,26)/b18-12+. The molecular weight excluding hydrogens is 439 g/mol. The first-order valence-corrected chi connectivity index (χ1v) is 10.7. The van der Waals surface area contributed by atoms with E-state index in [2.05, 4.69) is 5.32 Å². The maximum Gasteiger partial charge on any atom is 0.294 e. The number of thioether (sulfide) groups is 1. The molecule has 0 spiro atoms. The normalized spacial score (nSPS) is 15.0. The van der Waals surface area contributed by atoms with Crippen LogP contribution in [-0.2, 0) is 9.59 Å². The van der Waals surface area contributed by atoms with Crippen molar-refractivity contribution in [2.45, 2.75) is 9.99 Å². The smallest absolute Gasteiger partial charge is 0.294 e. The Balaban J connectivity index is 1.41. The summed E-state index contributed by atoms with van der Waals surface area (Å²) in [6.07, 6.45) is 1.48. The molecule has 0 aliphatic carbocycles. The minimum atomic E-state index is -0.603. The van der Waals surface area contributed by atoms with Crippen LogP contribution in [-0.4, -0.2) is 28.5 Å². The summed E-state index contributed by atoms with van der Waals surface area (Å²) >= 11 is 2.17. The number of anilines is 1. The molecule has 2 heterocycles. The SMILES string of the molecule is O=C(CN1C(=O)S/C(=C/c2ccc(Sc3ccccc3)o2)C1=O)Nc1cccc(F)c1. The van der Waals surface area contributed by atoms with Crippen molar-refractivity contribution >= 4 is 52.3 Å². The molecule has 4 rings (SSSR count). The van der Waals surface area contributed by atoms with Crippen molar-refractivity contribution in [2.24, 2.45) is 0 Å². The molecule has 1 aliphatic heterocycles. The summed E-state index contributed by atoms with van der Waals surface area (Å²) in [6, 6.07) is 18.5. The second kappa shape index (κ2) is 9.23. The number of imide groups is 1. The number of rotatable bonds is 6. The van der Waals surface area contributed by atoms with Crippen molar-refractivity contribution < 1.29 is 23.2 Å². The Morgan fingerprint density at radius 3 is 2.68 bits per heavy atom. The predicted molar refractivity (Wildman–Crippen MR) is 117 cm³/mol. The van der Waals surface area contributed by atoms with Crippen LogP contribution < -0.4 is 5.32 Å². The van der Waals surface area contributed by atoms with Crippen molar-refractivity contribution in [3.8, 4) is 0 Å². The van der Waals surface area contributed by atoms with Gasteiger partial charge in [0.05, 0.1) is 4.91 Å². The van der Waals surface area contributed by atoms with Gasteiger partial charge in [0.15, 0.2) is 5.09 Å². The van der Waals surface area contributed by atoms with Crippen LogP contribution in [0.25, 0.3) is 6.08 Å². The van der Waals surface area contributed by atoms with Gasteiger partial charge in [-0.3, -0.25) is 19.3 Å². The van der Waals surface area contributed by atoms with Gasteiger partial charge < -0.3 is 9.73 Å². The molecular formula is C22H15FN2O4S2. The molecule has 1 aliphatic rings. The van der Waals surface area contributed by atoms with Crippen LogP contribution in [0.3, 0.4) is 0 Å². The lowest BCUT2D eigenvalue weighted by atomic mass is 10.3. The fraction of sp³-hybridized carbons (Fsp3) is 0.0455. The first kappa shape index (κ1) is 21.0. The van der Waals surface area contributed by atoms with Crippen molar-refractivity contribution in [1.29, 1.82) is 0 Å². The Bertz CT molecular complexity index is 1180. The molecule has 3 amide bonds. The molecule has 9 heteroatoms. The molecule has 0 radical (unpaired) electrons. The molecule has 0 saturated carbocycles. The second-order valence-corrected chi connectivity index (χ2v) is 8.47. The Labute approximate surface area is 185 Å². The second-order valence-electron chi connectivity index (χ2n) is 6.40. The maximum absolute atomic E-state index is 13.2. The zero-order valence-electron chi connectivity index (χ0n) is 15.9. The Kier molecular flexibility index (Phi) is 6.24. The zero-order chi connectivity index (χ0) is 21.8. The van der Waals surface area contributed by atoms with E-state index in [0.29, 0.717) is 10.9 Å². The van der Waals surface area contributed by atoms with Gasteiger partial charge in [-0.2, -0.15) is 0 Å². The van der Waals surface area contributed by atoms with E-state index in [-0.39, 0.29) is 10.6 Å². The number of carbonyl (C=O) groups excluding carboxylic acids is 3. The Morgan fingerprint density at radius 1 is 1.10 bits per heavy atom. The molecule has 2 aromatic carbocycles. The molecule has 31 heavy (non-hydrogen) atoms. The van der Waals surface area contributed by atoms with E-state index < -0.39 is 29.4 Å². The molecule has 1 saturated heterocycles. The van der Waals surface area contributed by atoms with Gasteiger partial charge in [0.25, 0.3) is 11.1 Å². The van der Waals surface area contributed by atoms with E-state index >= 15 is 0 Å². The molecule has 6 nitrogen and oxygen atoms in total. The number of amides is 3. The van der Waals surface area contributed by atoms with Crippen molar-refractivity contribution in [3.63, 3.8) is 0 Å². The van der Waals surface area contributed by atoms with E-state index in [4.69, 9.17) is 4.42 Å². The van der Waals surface area contributed by atoms with Gasteiger partial charge in [-0.25, -0.2) is 4.39 Å². The van der Waals surface area contributed by atoms with E-state index in [0.717, 1.165) is 27.6 Å². The fourth-order valence-electron chi connectivity index (χ4n) is 2.75. The Hall–Kier alpha value is -3.30. The fourth-order valence-corrected chi connectivity index (χ4v) is 4.37. The number of nitrogens with one attached hydrogen (secondary N) is 1. The zero-order valence-corrected chi connectivity index (χ0v) is 17.5. The highest BCUT2D eigenvalue weighted by molar-refractivity contribution is 8.18. The predicted octanol–water partition coefficient (Wildman–Crippen LogP) is 5.24. The van der Waals surface area contributed by atoms with E-state index in [1.54, 1.807) is 12.1 Å². The highest BCUT2D eigenvalue weighted by atomic mass is 32.2. The van der Waals surface area contributed by atoms with Gasteiger partial charge in [-0.1, -0.05) is 36.0 Å². The summed E-state index contributed by atoms with van der Waals surface area (Å²) in [7, 11) is 0. The molecule has 0 unspecified atom stereocenters. The van der Waals surface area contributed by atoms with Gasteiger partial charge in [0, 0.05) is 16.7 Å². The summed E-state index contributed by atoms with van der Waals surface area (Å²) in [5, 5.41) is 2.55. The first-order valence-electron chi connectivity index (χ1n) is 9.11. The molecule has 1 fully saturated rings. The molecule has 156 valence electrons. The van der Waals surface area contributed by atoms with Crippen molar-refractivity contribution in [2.75, 3.05) is 11.9 Å². The summed E-state index contributed by atoms with van der Waals surface area (Å²) in [5.74, 6) is -1.27. The van der Waals surface area contributed by atoms with Gasteiger partial charge in [0.2, 0.25) is 5.91 Å². The van der Waals surface area contributed by atoms with Crippen molar-refractivity contribution in [3.05, 3.63) is 83.2 Å². The van der Waals surface area contributed by atoms with E-state index in [1.807, 2.05) is 30.3 Å². The first-order chi connectivity index (χ1) is 15.0. The quantitative estimate of drug-likeness (QED) is 0.513. The largest absolute Gasteiger partial charge is 0.450 e. The summed E-state index contributed by atoms with van der Waals surface area (Å²) in [5.41, 5.74) is 0.242. The highest BCUT2D eigenvalue weighted by Crippen LogP contribution is 2.34. The lowest BCUT2D eigenvalue weighted by molar-refractivity contribution is -0.127. The van der Waals surface area contributed by atoms with Crippen LogP contribution in [0.5, 0.6) is 0 Å². The van der Waals surface area contributed by atoms with Gasteiger partial charge in [-0.15, -0.1) is 0 Å². The lowest BCUT2D eigenvalue weighted by Gasteiger charge is -2.12. The Morgan fingerprint density at radius 2 is 1.90 bits per heavy atom. The summed E-state index contributed by atoms with van der Waals surface area (Å²) in [6.45, 7) is -0.466. The highest BCUT2D eigenvalue weighted by Gasteiger charge is 2.36. The lowest BCUT2D eigenvalue weighted by Crippen LogP contribution is -2.36. The van der Waals surface area contributed by atoms with Crippen LogP contribution in [0.15, 0.2) is 86.0 Å². The third kappa shape index (κ3) is 5.25. The monoisotopic (exact) mass is 454 g/mol. The third-order valence-corrected chi connectivity index (χ3v) is 5.96. The van der Waals surface area contributed by atoms with E-state index in [1.165, 1.54) is 36.0 Å². The molecule has 1 N–H and O–H groups in total. The van der Waals surface area contributed by atoms with Gasteiger partial charge in [0.1, 0.15) is 18.1 Å². The minimum Gasteiger partial charge on any atom is -0.450 e. The number of nitrogens with zero attached hydrogens (tertiary/aromatic N) is 1. The average Bonchev–Trinajstić information content (AvgIpc) is 3.28. The van der Waals surface area contributed by atoms with Gasteiger partial charge in [-0.05, 0) is 54.2 Å². The topological polar surface area (TPSA) is 79.6 Å². The third-order valence-electron chi connectivity index (χ3n) is 4.12. The minimum absolute atomic E-state index is 0.161. The number of carbonyl (C=O) groups is 3. The van der Waals surface area contributed by atoms with Gasteiger partial charge >= 0.3 is 0 Å². The van der Waals surface area contributed by atoms with Crippen LogP contribution in [0.2, 0.25) is 0 Å². The molecule has 3 aromatic rings. The summed E-state index contributed by atoms with van der Waals surface area (Å²) < 4.78 is 19.0. The van der Waals surface area contributed by atoms with Crippen LogP contribution >= 0.6 is 23.5 Å². The maximum atomic E-state index is 13.2. The number of hydrogen-bond acceptors (Lipinski definition) is 6. The van der Waals surface area contributed by atoms with E-state index in [9.17, 15) is 18.8 Å². The number of halogens is 1. The summed E-state index contributed by atoms with van der Waals surface area (Å²) in [4.78, 5) is 39.0. The number of furan rings is 1. The molecule has 0 atom stereocenters. The average molecular weight is 455 g/mol. The number of hydrogen-bond donors (Lipinski definition) is 1. The van der Waals surface area contributed by atoms with Crippen molar-refractivity contribution in [1.82, 2.24) is 4.90 Å². The molecule has 0 bridgehead atoms. The molecule has 1 aromatic heterocycles. The number of benzene rings is 2. The van der Waals surface area contributed by atoms with Crippen LogP contribution in [0.1, 0.15) is 5.76 Å².